The predicted octanol–water partition coefficient (Wildman–Crippen LogP) is 6.85. The lowest BCUT2D eigenvalue weighted by atomic mass is 9.95. The highest BCUT2D eigenvalue weighted by atomic mass is 32.1. The van der Waals surface area contributed by atoms with E-state index in [0.717, 1.165) is 15.3 Å². The molecule has 2 aliphatic rings. The van der Waals surface area contributed by atoms with Crippen LogP contribution in [0.15, 0.2) is 59.5 Å². The lowest BCUT2D eigenvalue weighted by molar-refractivity contribution is -0.114. The highest BCUT2D eigenvalue weighted by Gasteiger charge is 2.68. The molecule has 268 valence electrons. The number of carbonyl (C=O) groups excluding carboxylic acids is 1. The van der Waals surface area contributed by atoms with Crippen molar-refractivity contribution in [2.24, 2.45) is 0 Å². The average molecular weight is 739 g/mol. The lowest BCUT2D eigenvalue weighted by Crippen LogP contribution is -2.67. The van der Waals surface area contributed by atoms with E-state index >= 15 is 0 Å². The quantitative estimate of drug-likeness (QED) is 0.191. The normalized spacial score (nSPS) is 24.4. The summed E-state index contributed by atoms with van der Waals surface area (Å²) in [5.74, 6) is 0.0497. The number of aromatic nitrogens is 2. The number of ether oxygens (including phenoxy) is 3. The first kappa shape index (κ1) is 37.8. The molecule has 2 fully saturated rings. The Labute approximate surface area is 300 Å². The Hall–Kier alpha value is -3.50. The zero-order valence-corrected chi connectivity index (χ0v) is 32.8. The van der Waals surface area contributed by atoms with E-state index in [1.54, 1.807) is 6.07 Å². The first-order chi connectivity index (χ1) is 23.6. The second kappa shape index (κ2) is 14.6. The molecule has 0 saturated carbocycles. The Bertz CT molecular complexity index is 1830. The van der Waals surface area contributed by atoms with Crippen LogP contribution in [0.1, 0.15) is 68.5 Å². The third-order valence-corrected chi connectivity index (χ3v) is 19.9. The van der Waals surface area contributed by atoms with Gasteiger partial charge < -0.3 is 32.5 Å². The fraction of sp³-hybridized carbons (Fsp3) is 0.514. The molecule has 2 unspecified atom stereocenters. The van der Waals surface area contributed by atoms with Gasteiger partial charge >= 0.3 is 28.0 Å². The Morgan fingerprint density at radius 3 is 2.24 bits per heavy atom. The zero-order chi connectivity index (χ0) is 36.6. The largest absolute Gasteiger partial charge is 0.427 e. The molecule has 0 aliphatic carbocycles. The third kappa shape index (κ3) is 6.90. The molecule has 4 atom stereocenters. The van der Waals surface area contributed by atoms with Crippen molar-refractivity contribution in [2.45, 2.75) is 109 Å². The lowest BCUT2D eigenvalue weighted by Gasteiger charge is -2.51. The first-order valence-electron chi connectivity index (χ1n) is 16.9. The van der Waals surface area contributed by atoms with Crippen molar-refractivity contribution in [1.29, 1.82) is 5.26 Å². The summed E-state index contributed by atoms with van der Waals surface area (Å²) in [6, 6.07) is 17.0. The van der Waals surface area contributed by atoms with Gasteiger partial charge in [0.15, 0.2) is 6.23 Å². The Kier molecular flexibility index (Phi) is 11.0. The number of thiocarbonyl (C=S) groups is 1. The molecular weight excluding hydrogens is 693 g/mol. The van der Waals surface area contributed by atoms with Gasteiger partial charge in [-0.1, -0.05) is 85.7 Å². The molecule has 3 aromatic rings. The standard InChI is InChI=1S/C35H46N4O8SSi2/c1-21(2)49(22(3)4)42-19-29-31(46-50(47-49,23(5)6)24(7)8)35(20-36,32(44-29)39-17-16-30(37-25(9)40)38-33(39)41)45-34(48)43-28-15-14-26-12-10-11-13-27(26)18-28/h10-18,21-24,29,31-32H,19H2,1-9H3,(H,37,38,40,41)/t29?,31-,32-,35?/m1/s1. The summed E-state index contributed by atoms with van der Waals surface area (Å²) in [5.41, 5.74) is -2.87. The van der Waals surface area contributed by atoms with E-state index in [1.165, 1.54) is 19.2 Å². The van der Waals surface area contributed by atoms with Gasteiger partial charge in [-0.15, -0.1) is 0 Å². The number of amides is 1. The van der Waals surface area contributed by atoms with Gasteiger partial charge in [0.25, 0.3) is 5.60 Å². The second-order valence-electron chi connectivity index (χ2n) is 14.1. The Morgan fingerprint density at radius 1 is 1.02 bits per heavy atom. The number of hydrogen-bond donors (Lipinski definition) is 1. The molecular formula is C35H46N4O8SSi2. The van der Waals surface area contributed by atoms with Gasteiger partial charge in [-0.2, -0.15) is 10.2 Å². The van der Waals surface area contributed by atoms with Crippen LogP contribution in [0, 0.1) is 11.3 Å². The van der Waals surface area contributed by atoms with Gasteiger partial charge in [0.05, 0.1) is 6.61 Å². The minimum atomic E-state index is -3.31. The SMILES string of the molecule is CC(=O)Nc1ccn([C@@H]2OC3CO[Si](C(C)C)(C(C)C)O[Si](C(C)C)(C(C)C)O[C@H]3C2(C#N)OC(=S)Oc2ccc3ccccc3c2)c(=O)n1. The molecule has 0 spiro atoms. The maximum absolute atomic E-state index is 13.6. The van der Waals surface area contributed by atoms with Crippen LogP contribution in [-0.2, 0) is 27.2 Å². The van der Waals surface area contributed by atoms with Gasteiger partial charge in [0, 0.05) is 25.3 Å². The van der Waals surface area contributed by atoms with Crippen molar-refractivity contribution in [3.63, 3.8) is 0 Å². The Balaban J connectivity index is 1.64. The highest BCUT2D eigenvalue weighted by Crippen LogP contribution is 2.51. The van der Waals surface area contributed by atoms with Crippen molar-refractivity contribution < 1.29 is 32.0 Å². The summed E-state index contributed by atoms with van der Waals surface area (Å²) >= 11 is 5.66. The van der Waals surface area contributed by atoms with E-state index in [2.05, 4.69) is 71.8 Å². The van der Waals surface area contributed by atoms with Crippen LogP contribution in [0.25, 0.3) is 10.8 Å². The van der Waals surface area contributed by atoms with Gasteiger partial charge in [-0.3, -0.25) is 9.36 Å². The van der Waals surface area contributed by atoms with Crippen LogP contribution in [0.5, 0.6) is 5.75 Å². The number of nitriles is 1. The number of hydrogen-bond acceptors (Lipinski definition) is 11. The number of benzene rings is 2. The number of nitrogens with zero attached hydrogens (tertiary/aromatic N) is 3. The molecule has 5 rings (SSSR count). The molecule has 3 heterocycles. The minimum Gasteiger partial charge on any atom is -0.427 e. The molecule has 0 radical (unpaired) electrons. The molecule has 1 N–H and O–H groups in total. The number of nitrogens with one attached hydrogen (secondary N) is 1. The number of carbonyl (C=O) groups is 1. The van der Waals surface area contributed by atoms with Crippen molar-refractivity contribution in [2.75, 3.05) is 11.9 Å². The van der Waals surface area contributed by atoms with Gasteiger partial charge in [-0.25, -0.2) is 4.79 Å². The van der Waals surface area contributed by atoms with Crippen LogP contribution < -0.4 is 15.7 Å². The van der Waals surface area contributed by atoms with E-state index < -0.39 is 52.8 Å². The fourth-order valence-corrected chi connectivity index (χ4v) is 18.5. The fourth-order valence-electron chi connectivity index (χ4n) is 7.02. The summed E-state index contributed by atoms with van der Waals surface area (Å²) < 4.78 is 41.7. The molecule has 2 saturated heterocycles. The molecule has 50 heavy (non-hydrogen) atoms. The summed E-state index contributed by atoms with van der Waals surface area (Å²) in [7, 11) is -6.28. The number of anilines is 1. The van der Waals surface area contributed by atoms with Gasteiger partial charge in [0.2, 0.25) is 5.91 Å². The third-order valence-electron chi connectivity index (χ3n) is 9.49. The van der Waals surface area contributed by atoms with E-state index in [9.17, 15) is 14.9 Å². The van der Waals surface area contributed by atoms with E-state index in [1.807, 2.05) is 36.4 Å². The maximum Gasteiger partial charge on any atom is 0.359 e. The second-order valence-corrected chi connectivity index (χ2v) is 23.3. The topological polar surface area (TPSA) is 143 Å². The van der Waals surface area contributed by atoms with Crippen LogP contribution in [0.2, 0.25) is 22.2 Å². The smallest absolute Gasteiger partial charge is 0.359 e. The summed E-state index contributed by atoms with van der Waals surface area (Å²) in [4.78, 5) is 29.3. The molecule has 1 amide bonds. The summed E-state index contributed by atoms with van der Waals surface area (Å²) in [6.45, 7) is 18.0. The molecule has 15 heteroatoms. The molecule has 12 nitrogen and oxygen atoms in total. The highest BCUT2D eigenvalue weighted by molar-refractivity contribution is 7.79. The molecule has 2 aromatic carbocycles. The minimum absolute atomic E-state index is 0.0155. The Morgan fingerprint density at radius 2 is 1.66 bits per heavy atom. The van der Waals surface area contributed by atoms with Crippen LogP contribution in [0.4, 0.5) is 5.82 Å². The van der Waals surface area contributed by atoms with Crippen molar-refractivity contribution >= 4 is 57.1 Å². The summed E-state index contributed by atoms with van der Waals surface area (Å²) in [6.07, 6.45) is -2.02. The molecule has 1 aromatic heterocycles. The monoisotopic (exact) mass is 738 g/mol. The van der Waals surface area contributed by atoms with E-state index in [-0.39, 0.29) is 39.8 Å². The molecule has 0 bridgehead atoms. The van der Waals surface area contributed by atoms with Gasteiger partial charge in [-0.05, 0) is 51.1 Å². The molecule has 2 aliphatic heterocycles. The van der Waals surface area contributed by atoms with Gasteiger partial charge in [0.1, 0.15) is 29.8 Å². The predicted molar refractivity (Wildman–Crippen MR) is 197 cm³/mol. The first-order valence-corrected chi connectivity index (χ1v) is 21.3. The van der Waals surface area contributed by atoms with E-state index in [0.29, 0.717) is 5.75 Å². The van der Waals surface area contributed by atoms with E-state index in [4.69, 9.17) is 39.4 Å². The maximum atomic E-state index is 13.6. The van der Waals surface area contributed by atoms with Crippen LogP contribution >= 0.6 is 12.2 Å². The van der Waals surface area contributed by atoms with Crippen molar-refractivity contribution in [3.8, 4) is 11.8 Å². The summed E-state index contributed by atoms with van der Waals surface area (Å²) in [5, 5.41) is 15.3. The number of fused-ring (bicyclic) bond motifs is 2. The van der Waals surface area contributed by atoms with Crippen LogP contribution in [0.3, 0.4) is 0 Å². The number of rotatable bonds is 8. The zero-order valence-electron chi connectivity index (χ0n) is 30.0. The van der Waals surface area contributed by atoms with Crippen LogP contribution in [-0.4, -0.2) is 62.2 Å². The van der Waals surface area contributed by atoms with Crippen molar-refractivity contribution in [3.05, 3.63) is 65.2 Å². The average Bonchev–Trinajstić information content (AvgIpc) is 3.31. The van der Waals surface area contributed by atoms with Crippen molar-refractivity contribution in [1.82, 2.24) is 9.55 Å².